The minimum atomic E-state index is -0.786. The van der Waals surface area contributed by atoms with Crippen LogP contribution >= 0.6 is 0 Å². The van der Waals surface area contributed by atoms with Crippen LogP contribution in [0.5, 0.6) is 28.7 Å². The molecule has 3 aliphatic heterocycles. The Kier molecular flexibility index (Phi) is 4.84. The van der Waals surface area contributed by atoms with Crippen molar-refractivity contribution in [3.8, 4) is 28.7 Å². The number of methoxy groups -OCH3 is 2. The molecular formula is C26H28O6. The monoisotopic (exact) mass is 436 g/mol. The second kappa shape index (κ2) is 7.47. The Morgan fingerprint density at radius 3 is 2.62 bits per heavy atom. The minimum absolute atomic E-state index is 0.0939. The van der Waals surface area contributed by atoms with Crippen molar-refractivity contribution in [1.29, 1.82) is 0 Å². The van der Waals surface area contributed by atoms with E-state index in [-0.39, 0.29) is 24.4 Å². The first-order valence-electron chi connectivity index (χ1n) is 10.9. The Bertz CT molecular complexity index is 1120. The van der Waals surface area contributed by atoms with Gasteiger partial charge in [0.05, 0.1) is 25.7 Å². The third kappa shape index (κ3) is 3.12. The number of hydrogen-bond acceptors (Lipinski definition) is 6. The van der Waals surface area contributed by atoms with E-state index in [1.165, 1.54) is 0 Å². The van der Waals surface area contributed by atoms with E-state index in [9.17, 15) is 4.79 Å². The van der Waals surface area contributed by atoms with E-state index in [2.05, 4.69) is 6.58 Å². The van der Waals surface area contributed by atoms with Gasteiger partial charge in [-0.15, -0.1) is 0 Å². The van der Waals surface area contributed by atoms with Crippen molar-refractivity contribution in [3.05, 3.63) is 53.1 Å². The van der Waals surface area contributed by atoms with Gasteiger partial charge in [-0.3, -0.25) is 4.79 Å². The molecule has 0 unspecified atom stereocenters. The lowest BCUT2D eigenvalue weighted by Crippen LogP contribution is -2.53. The largest absolute Gasteiger partial charge is 0.493 e. The smallest absolute Gasteiger partial charge is 0.173 e. The van der Waals surface area contributed by atoms with Crippen LogP contribution in [0, 0.1) is 5.92 Å². The molecule has 3 aliphatic rings. The van der Waals surface area contributed by atoms with Gasteiger partial charge in [0.1, 0.15) is 30.0 Å². The second-order valence-electron chi connectivity index (χ2n) is 9.05. The van der Waals surface area contributed by atoms with Crippen LogP contribution in [0.4, 0.5) is 0 Å². The highest BCUT2D eigenvalue weighted by atomic mass is 16.6. The van der Waals surface area contributed by atoms with E-state index in [0.717, 1.165) is 28.2 Å². The Hall–Kier alpha value is -3.15. The average molecular weight is 437 g/mol. The lowest BCUT2D eigenvalue weighted by molar-refractivity contribution is -0.0238. The predicted octanol–water partition coefficient (Wildman–Crippen LogP) is 4.56. The zero-order valence-electron chi connectivity index (χ0n) is 18.9. The van der Waals surface area contributed by atoms with Gasteiger partial charge in [0.25, 0.3) is 0 Å². The van der Waals surface area contributed by atoms with Crippen LogP contribution < -0.4 is 23.7 Å². The van der Waals surface area contributed by atoms with Crippen LogP contribution in [-0.4, -0.2) is 38.3 Å². The molecule has 32 heavy (non-hydrogen) atoms. The lowest BCUT2D eigenvalue weighted by Gasteiger charge is -2.43. The van der Waals surface area contributed by atoms with Crippen molar-refractivity contribution >= 4 is 5.78 Å². The van der Waals surface area contributed by atoms with Gasteiger partial charge in [0, 0.05) is 18.1 Å². The third-order valence-electron chi connectivity index (χ3n) is 6.86. The van der Waals surface area contributed by atoms with Gasteiger partial charge in [0.2, 0.25) is 0 Å². The fourth-order valence-corrected chi connectivity index (χ4v) is 4.97. The minimum Gasteiger partial charge on any atom is -0.493 e. The molecule has 0 saturated heterocycles. The molecule has 0 N–H and O–H groups in total. The molecule has 0 bridgehead atoms. The molecule has 0 aromatic heterocycles. The number of hydrogen-bond donors (Lipinski definition) is 0. The van der Waals surface area contributed by atoms with Crippen molar-refractivity contribution in [2.75, 3.05) is 20.8 Å². The number of benzene rings is 2. The first-order chi connectivity index (χ1) is 15.3. The molecule has 0 amide bonds. The Labute approximate surface area is 188 Å². The highest BCUT2D eigenvalue weighted by molar-refractivity contribution is 6.03. The maximum Gasteiger partial charge on any atom is 0.173 e. The van der Waals surface area contributed by atoms with E-state index in [1.807, 2.05) is 38.1 Å². The van der Waals surface area contributed by atoms with Gasteiger partial charge in [-0.1, -0.05) is 6.58 Å². The number of ether oxygens (including phenoxy) is 5. The molecule has 5 rings (SSSR count). The fourth-order valence-electron chi connectivity index (χ4n) is 4.97. The van der Waals surface area contributed by atoms with Gasteiger partial charge in [0.15, 0.2) is 22.9 Å². The predicted molar refractivity (Wildman–Crippen MR) is 120 cm³/mol. The van der Waals surface area contributed by atoms with E-state index >= 15 is 0 Å². The zero-order chi connectivity index (χ0) is 22.6. The molecule has 6 nitrogen and oxygen atoms in total. The lowest BCUT2D eigenvalue weighted by atomic mass is 9.76. The van der Waals surface area contributed by atoms with E-state index in [0.29, 0.717) is 42.1 Å². The number of Topliss-reactive ketones (excluding diaryl/α,β-unsaturated/α-hetero) is 1. The third-order valence-corrected chi connectivity index (χ3v) is 6.86. The molecular weight excluding hydrogens is 408 g/mol. The molecule has 0 aliphatic carbocycles. The highest BCUT2D eigenvalue weighted by Crippen LogP contribution is 2.48. The molecule has 6 heteroatoms. The Morgan fingerprint density at radius 1 is 1.16 bits per heavy atom. The molecule has 2 aromatic carbocycles. The summed E-state index contributed by atoms with van der Waals surface area (Å²) in [6, 6.07) is 7.49. The second-order valence-corrected chi connectivity index (χ2v) is 9.05. The van der Waals surface area contributed by atoms with Gasteiger partial charge in [-0.25, -0.2) is 0 Å². The number of carbonyl (C=O) groups is 1. The summed E-state index contributed by atoms with van der Waals surface area (Å²) in [6.45, 7) is 8.20. The molecule has 168 valence electrons. The normalized spacial score (nSPS) is 25.4. The van der Waals surface area contributed by atoms with Gasteiger partial charge < -0.3 is 23.7 Å². The van der Waals surface area contributed by atoms with Crippen LogP contribution in [0.15, 0.2) is 36.4 Å². The SMILES string of the molecule is C=C(C)[C@H]1Cc2c(ccc3c2O[C@]2(C)COc4cc(OC)c(OC)cc4CC[C@H]2C3=O)O1. The van der Waals surface area contributed by atoms with Crippen LogP contribution in [0.1, 0.15) is 41.8 Å². The van der Waals surface area contributed by atoms with Crippen molar-refractivity contribution in [1.82, 2.24) is 0 Å². The van der Waals surface area contributed by atoms with Gasteiger partial charge >= 0.3 is 0 Å². The number of fused-ring (bicyclic) bond motifs is 5. The van der Waals surface area contributed by atoms with E-state index in [1.54, 1.807) is 14.2 Å². The van der Waals surface area contributed by atoms with Gasteiger partial charge in [-0.05, 0) is 56.0 Å². The van der Waals surface area contributed by atoms with E-state index in [4.69, 9.17) is 23.7 Å². The summed E-state index contributed by atoms with van der Waals surface area (Å²) in [5.74, 6) is 3.18. The van der Waals surface area contributed by atoms with Crippen molar-refractivity contribution in [2.45, 2.75) is 44.8 Å². The number of ketones is 1. The highest BCUT2D eigenvalue weighted by Gasteiger charge is 2.49. The van der Waals surface area contributed by atoms with Crippen molar-refractivity contribution in [3.63, 3.8) is 0 Å². The number of carbonyl (C=O) groups excluding carboxylic acids is 1. The summed E-state index contributed by atoms with van der Waals surface area (Å²) in [5.41, 5.74) is 2.74. The average Bonchev–Trinajstić information content (AvgIpc) is 3.21. The van der Waals surface area contributed by atoms with Crippen LogP contribution in [0.2, 0.25) is 0 Å². The first-order valence-corrected chi connectivity index (χ1v) is 10.9. The molecule has 0 fully saturated rings. The molecule has 3 heterocycles. The molecule has 2 aromatic rings. The number of rotatable bonds is 3. The van der Waals surface area contributed by atoms with Crippen molar-refractivity contribution < 1.29 is 28.5 Å². The summed E-state index contributed by atoms with van der Waals surface area (Å²) in [6.07, 6.45) is 1.89. The summed E-state index contributed by atoms with van der Waals surface area (Å²) < 4.78 is 29.7. The maximum atomic E-state index is 13.6. The first kappa shape index (κ1) is 20.7. The summed E-state index contributed by atoms with van der Waals surface area (Å²) in [5, 5.41) is 0. The summed E-state index contributed by atoms with van der Waals surface area (Å²) in [4.78, 5) is 13.6. The molecule has 3 atom stereocenters. The topological polar surface area (TPSA) is 63.2 Å². The van der Waals surface area contributed by atoms with Crippen LogP contribution in [0.25, 0.3) is 0 Å². The summed E-state index contributed by atoms with van der Waals surface area (Å²) >= 11 is 0. The van der Waals surface area contributed by atoms with E-state index < -0.39 is 5.60 Å². The summed E-state index contributed by atoms with van der Waals surface area (Å²) in [7, 11) is 3.21. The van der Waals surface area contributed by atoms with Crippen molar-refractivity contribution in [2.24, 2.45) is 5.92 Å². The Morgan fingerprint density at radius 2 is 1.91 bits per heavy atom. The van der Waals surface area contributed by atoms with Crippen LogP contribution in [-0.2, 0) is 12.8 Å². The maximum absolute atomic E-state index is 13.6. The quantitative estimate of drug-likeness (QED) is 0.658. The molecule has 0 spiro atoms. The molecule has 0 saturated carbocycles. The Balaban J connectivity index is 1.51. The fraction of sp³-hybridized carbons (Fsp3) is 0.423. The van der Waals surface area contributed by atoms with Crippen LogP contribution in [0.3, 0.4) is 0 Å². The number of aryl methyl sites for hydroxylation is 1. The standard InChI is InChI=1S/C26H28O6/c1-14(2)20-11-17-19(31-20)9-7-16-24(27)18-8-6-15-10-22(28-4)23(29-5)12-21(15)30-13-26(18,3)32-25(16)17/h7,9-10,12,18,20H,1,6,8,11,13H2,2-5H3/t18-,20+,26+/m0/s1. The zero-order valence-corrected chi connectivity index (χ0v) is 18.9. The molecule has 0 radical (unpaired) electrons. The van der Waals surface area contributed by atoms with Gasteiger partial charge in [-0.2, -0.15) is 0 Å².